The van der Waals surface area contributed by atoms with Crippen molar-refractivity contribution in [1.29, 1.82) is 0 Å². The summed E-state index contributed by atoms with van der Waals surface area (Å²) >= 11 is 0. The zero-order valence-electron chi connectivity index (χ0n) is 14.0. The number of carbonyl (C=O) groups is 2. The first kappa shape index (κ1) is 15.9. The average Bonchev–Trinajstić information content (AvgIpc) is 3.21. The Labute approximate surface area is 145 Å². The minimum absolute atomic E-state index is 0.0884. The molecule has 0 spiro atoms. The number of pyridine rings is 1. The summed E-state index contributed by atoms with van der Waals surface area (Å²) in [6.07, 6.45) is 6.25. The molecule has 0 radical (unpaired) electrons. The summed E-state index contributed by atoms with van der Waals surface area (Å²) < 4.78 is 1.93. The van der Waals surface area contributed by atoms with Crippen molar-refractivity contribution in [2.45, 2.75) is 44.2 Å². The zero-order chi connectivity index (χ0) is 17.2. The van der Waals surface area contributed by atoms with Crippen LogP contribution in [0.4, 0.5) is 4.79 Å². The lowest BCUT2D eigenvalue weighted by atomic mass is 10.1. The van der Waals surface area contributed by atoms with Gasteiger partial charge in [-0.15, -0.1) is 10.2 Å². The number of amides is 3. The lowest BCUT2D eigenvalue weighted by Gasteiger charge is -2.26. The SMILES string of the molecule is O=C1NCCCC[C@@H]1NC(=O)N1CCC[C@H]1c1nnc2ccccn12. The Balaban J connectivity index is 1.53. The molecule has 25 heavy (non-hydrogen) atoms. The number of carbonyl (C=O) groups excluding carboxylic acids is 2. The minimum Gasteiger partial charge on any atom is -0.354 e. The van der Waals surface area contributed by atoms with Gasteiger partial charge in [0.15, 0.2) is 11.5 Å². The van der Waals surface area contributed by atoms with Crippen molar-refractivity contribution >= 4 is 17.6 Å². The number of rotatable bonds is 2. The molecule has 4 rings (SSSR count). The highest BCUT2D eigenvalue weighted by Crippen LogP contribution is 2.31. The van der Waals surface area contributed by atoms with Crippen molar-refractivity contribution in [3.05, 3.63) is 30.2 Å². The summed E-state index contributed by atoms with van der Waals surface area (Å²) in [6, 6.07) is 4.97. The number of fused-ring (bicyclic) bond motifs is 1. The summed E-state index contributed by atoms with van der Waals surface area (Å²) in [5.41, 5.74) is 0.771. The fourth-order valence-electron chi connectivity index (χ4n) is 3.67. The van der Waals surface area contributed by atoms with Crippen molar-refractivity contribution in [2.24, 2.45) is 0 Å². The molecule has 2 fully saturated rings. The summed E-state index contributed by atoms with van der Waals surface area (Å²) in [6.45, 7) is 1.34. The van der Waals surface area contributed by atoms with Gasteiger partial charge >= 0.3 is 6.03 Å². The van der Waals surface area contributed by atoms with Crippen LogP contribution >= 0.6 is 0 Å². The highest BCUT2D eigenvalue weighted by Gasteiger charge is 2.35. The topological polar surface area (TPSA) is 91.6 Å². The van der Waals surface area contributed by atoms with Crippen LogP contribution in [0.5, 0.6) is 0 Å². The van der Waals surface area contributed by atoms with Crippen LogP contribution in [0.3, 0.4) is 0 Å². The fraction of sp³-hybridized carbons (Fsp3) is 0.529. The van der Waals surface area contributed by atoms with Crippen molar-refractivity contribution < 1.29 is 9.59 Å². The van der Waals surface area contributed by atoms with Crippen LogP contribution in [0.25, 0.3) is 5.65 Å². The van der Waals surface area contributed by atoms with Gasteiger partial charge in [0.2, 0.25) is 5.91 Å². The van der Waals surface area contributed by atoms with Crippen molar-refractivity contribution in [1.82, 2.24) is 30.1 Å². The predicted octanol–water partition coefficient (Wildman–Crippen LogP) is 1.24. The Kier molecular flexibility index (Phi) is 4.25. The smallest absolute Gasteiger partial charge is 0.318 e. The normalized spacial score (nSPS) is 24.2. The van der Waals surface area contributed by atoms with E-state index in [1.165, 1.54) is 0 Å². The number of hydrogen-bond donors (Lipinski definition) is 2. The third-order valence-corrected chi connectivity index (χ3v) is 4.98. The maximum atomic E-state index is 12.8. The molecule has 0 unspecified atom stereocenters. The first-order valence-electron chi connectivity index (χ1n) is 8.88. The molecule has 0 saturated carbocycles. The molecule has 8 heteroatoms. The first-order valence-corrected chi connectivity index (χ1v) is 8.88. The molecular weight excluding hydrogens is 320 g/mol. The average molecular weight is 342 g/mol. The van der Waals surface area contributed by atoms with E-state index in [2.05, 4.69) is 20.8 Å². The van der Waals surface area contributed by atoms with Gasteiger partial charge in [-0.2, -0.15) is 0 Å². The van der Waals surface area contributed by atoms with E-state index in [4.69, 9.17) is 0 Å². The van der Waals surface area contributed by atoms with Gasteiger partial charge in [0.1, 0.15) is 6.04 Å². The van der Waals surface area contributed by atoms with Gasteiger partial charge in [-0.25, -0.2) is 4.79 Å². The van der Waals surface area contributed by atoms with E-state index in [-0.39, 0.29) is 18.0 Å². The number of aromatic nitrogens is 3. The molecule has 0 bridgehead atoms. The Morgan fingerprint density at radius 2 is 2.12 bits per heavy atom. The highest BCUT2D eigenvalue weighted by molar-refractivity contribution is 5.87. The van der Waals surface area contributed by atoms with Crippen LogP contribution in [0.2, 0.25) is 0 Å². The predicted molar refractivity (Wildman–Crippen MR) is 90.8 cm³/mol. The molecule has 2 aromatic rings. The van der Waals surface area contributed by atoms with Gasteiger partial charge in [0, 0.05) is 19.3 Å². The van der Waals surface area contributed by atoms with E-state index in [1.807, 2.05) is 28.8 Å². The van der Waals surface area contributed by atoms with Crippen LogP contribution in [0.1, 0.15) is 44.0 Å². The van der Waals surface area contributed by atoms with Crippen molar-refractivity contribution in [3.63, 3.8) is 0 Å². The van der Waals surface area contributed by atoms with E-state index < -0.39 is 6.04 Å². The van der Waals surface area contributed by atoms with Crippen LogP contribution in [0, 0.1) is 0 Å². The number of urea groups is 1. The minimum atomic E-state index is -0.452. The monoisotopic (exact) mass is 342 g/mol. The molecule has 2 saturated heterocycles. The molecule has 132 valence electrons. The molecule has 0 aliphatic carbocycles. The lowest BCUT2D eigenvalue weighted by Crippen LogP contribution is -2.50. The molecular formula is C17H22N6O2. The largest absolute Gasteiger partial charge is 0.354 e. The van der Waals surface area contributed by atoms with E-state index in [0.29, 0.717) is 19.5 Å². The molecule has 2 atom stereocenters. The summed E-state index contributed by atoms with van der Waals surface area (Å²) in [5, 5.41) is 14.2. The van der Waals surface area contributed by atoms with Crippen LogP contribution in [-0.2, 0) is 4.79 Å². The molecule has 2 N–H and O–H groups in total. The standard InChI is InChI=1S/C17H22N6O2/c24-16-12(6-1-3-9-18-16)19-17(25)22-11-5-7-13(22)15-21-20-14-8-2-4-10-23(14)15/h2,4,8,10,12-13H,1,3,5-7,9,11H2,(H,18,24)(H,19,25)/t12-,13-/m0/s1. The second kappa shape index (κ2) is 6.70. The quantitative estimate of drug-likeness (QED) is 0.859. The molecule has 8 nitrogen and oxygen atoms in total. The summed E-state index contributed by atoms with van der Waals surface area (Å²) in [7, 11) is 0. The lowest BCUT2D eigenvalue weighted by molar-refractivity contribution is -0.122. The van der Waals surface area contributed by atoms with Gasteiger partial charge in [-0.3, -0.25) is 9.20 Å². The number of hydrogen-bond acceptors (Lipinski definition) is 4. The van der Waals surface area contributed by atoms with Crippen molar-refractivity contribution in [2.75, 3.05) is 13.1 Å². The van der Waals surface area contributed by atoms with Crippen LogP contribution in [0.15, 0.2) is 24.4 Å². The highest BCUT2D eigenvalue weighted by atomic mass is 16.2. The summed E-state index contributed by atoms with van der Waals surface area (Å²) in [5.74, 6) is 0.683. The Morgan fingerprint density at radius 3 is 3.04 bits per heavy atom. The Morgan fingerprint density at radius 1 is 1.20 bits per heavy atom. The number of likely N-dealkylation sites (tertiary alicyclic amines) is 1. The van der Waals surface area contributed by atoms with E-state index in [1.54, 1.807) is 4.90 Å². The van der Waals surface area contributed by atoms with Gasteiger partial charge < -0.3 is 15.5 Å². The van der Waals surface area contributed by atoms with Crippen LogP contribution in [-0.4, -0.2) is 50.6 Å². The fourth-order valence-corrected chi connectivity index (χ4v) is 3.67. The second-order valence-corrected chi connectivity index (χ2v) is 6.63. The van der Waals surface area contributed by atoms with E-state index >= 15 is 0 Å². The Hall–Kier alpha value is -2.64. The third kappa shape index (κ3) is 3.04. The van der Waals surface area contributed by atoms with E-state index in [9.17, 15) is 9.59 Å². The number of nitrogens with zero attached hydrogens (tertiary/aromatic N) is 4. The van der Waals surface area contributed by atoms with Crippen LogP contribution < -0.4 is 10.6 Å². The van der Waals surface area contributed by atoms with E-state index in [0.717, 1.165) is 37.2 Å². The van der Waals surface area contributed by atoms with Crippen molar-refractivity contribution in [3.8, 4) is 0 Å². The molecule has 2 aliphatic heterocycles. The van der Waals surface area contributed by atoms with Gasteiger partial charge in [0.25, 0.3) is 0 Å². The maximum absolute atomic E-state index is 12.8. The molecule has 4 heterocycles. The number of nitrogens with one attached hydrogen (secondary N) is 2. The maximum Gasteiger partial charge on any atom is 0.318 e. The third-order valence-electron chi connectivity index (χ3n) is 4.98. The molecule has 0 aromatic carbocycles. The zero-order valence-corrected chi connectivity index (χ0v) is 14.0. The second-order valence-electron chi connectivity index (χ2n) is 6.63. The summed E-state index contributed by atoms with van der Waals surface area (Å²) in [4.78, 5) is 26.6. The Bertz CT molecular complexity index is 788. The molecule has 2 aliphatic rings. The molecule has 2 aromatic heterocycles. The van der Waals surface area contributed by atoms with Gasteiger partial charge in [0.05, 0.1) is 6.04 Å². The first-order chi connectivity index (χ1) is 12.2. The van der Waals surface area contributed by atoms with Gasteiger partial charge in [-0.1, -0.05) is 6.07 Å². The van der Waals surface area contributed by atoms with Gasteiger partial charge in [-0.05, 0) is 44.2 Å². The molecule has 3 amide bonds.